The van der Waals surface area contributed by atoms with Gasteiger partial charge in [0.15, 0.2) is 0 Å². The molecule has 1 N–H and O–H groups in total. The first-order valence-corrected chi connectivity index (χ1v) is 12.0. The fraction of sp³-hybridized carbons (Fsp3) is 0.333. The number of aromatic nitrogens is 2. The molecule has 0 aliphatic rings. The Bertz CT molecular complexity index is 1050. The maximum Gasteiger partial charge on any atom is 0.244 e. The van der Waals surface area contributed by atoms with Crippen LogP contribution in [0.3, 0.4) is 0 Å². The Morgan fingerprint density at radius 3 is 2.57 bits per heavy atom. The summed E-state index contributed by atoms with van der Waals surface area (Å²) in [5, 5.41) is 10.1. The van der Waals surface area contributed by atoms with Crippen LogP contribution in [-0.2, 0) is 10.0 Å². The molecule has 0 bridgehead atoms. The number of benzene rings is 1. The second-order valence-electron chi connectivity index (χ2n) is 6.77. The van der Waals surface area contributed by atoms with Crippen molar-refractivity contribution in [2.45, 2.75) is 31.6 Å². The van der Waals surface area contributed by atoms with E-state index in [-0.39, 0.29) is 24.0 Å². The number of hydrogen-bond acceptors (Lipinski definition) is 7. The van der Waals surface area contributed by atoms with Crippen LogP contribution in [0, 0.1) is 0 Å². The predicted molar refractivity (Wildman–Crippen MR) is 118 cm³/mol. The van der Waals surface area contributed by atoms with Gasteiger partial charge in [0, 0.05) is 12.6 Å². The summed E-state index contributed by atoms with van der Waals surface area (Å²) in [4.78, 5) is 1.16. The third kappa shape index (κ3) is 5.56. The van der Waals surface area contributed by atoms with Gasteiger partial charge >= 0.3 is 0 Å². The van der Waals surface area contributed by atoms with Gasteiger partial charge in [-0.2, -0.15) is 0 Å². The van der Waals surface area contributed by atoms with E-state index in [1.54, 1.807) is 29.5 Å². The van der Waals surface area contributed by atoms with E-state index in [0.717, 1.165) is 16.1 Å². The monoisotopic (exact) mass is 447 g/mol. The Kier molecular flexibility index (Phi) is 7.41. The molecule has 0 saturated carbocycles. The molecule has 0 spiro atoms. The Hall–Kier alpha value is -2.49. The van der Waals surface area contributed by atoms with Crippen LogP contribution in [0.15, 0.2) is 52.7 Å². The summed E-state index contributed by atoms with van der Waals surface area (Å²) in [5.41, 5.74) is 1.70. The lowest BCUT2D eigenvalue weighted by molar-refractivity contribution is 0.306. The second-order valence-corrected chi connectivity index (χ2v) is 9.46. The summed E-state index contributed by atoms with van der Waals surface area (Å²) in [6.07, 6.45) is 0. The fourth-order valence-electron chi connectivity index (χ4n) is 2.73. The Morgan fingerprint density at radius 1 is 1.10 bits per heavy atom. The topological polar surface area (TPSA) is 90.4 Å². The average Bonchev–Trinajstić information content (AvgIpc) is 3.27. The van der Waals surface area contributed by atoms with Crippen LogP contribution in [0.25, 0.3) is 10.6 Å². The first kappa shape index (κ1) is 22.2. The van der Waals surface area contributed by atoms with E-state index in [9.17, 15) is 8.42 Å². The van der Waals surface area contributed by atoms with E-state index >= 15 is 0 Å². The molecular formula is C21H25N3O4S2. The summed E-state index contributed by atoms with van der Waals surface area (Å²) in [5.74, 6) is 0.880. The van der Waals surface area contributed by atoms with Gasteiger partial charge in [0.1, 0.15) is 22.9 Å². The Balaban J connectivity index is 1.60. The molecule has 7 nitrogen and oxygen atoms in total. The number of nitrogens with one attached hydrogen (secondary N) is 1. The van der Waals surface area contributed by atoms with Gasteiger partial charge in [-0.3, -0.25) is 0 Å². The molecule has 3 aromatic rings. The van der Waals surface area contributed by atoms with E-state index in [1.807, 2.05) is 50.4 Å². The first-order chi connectivity index (χ1) is 14.4. The predicted octanol–water partition coefficient (Wildman–Crippen LogP) is 4.08. The third-order valence-corrected chi connectivity index (χ3v) is 6.66. The molecule has 2 heterocycles. The van der Waals surface area contributed by atoms with Crippen LogP contribution in [0.5, 0.6) is 11.6 Å². The van der Waals surface area contributed by atoms with Crippen molar-refractivity contribution in [1.29, 1.82) is 0 Å². The lowest BCUT2D eigenvalue weighted by Gasteiger charge is -2.15. The maximum absolute atomic E-state index is 12.8. The van der Waals surface area contributed by atoms with Gasteiger partial charge in [-0.25, -0.2) is 13.1 Å². The normalized spacial score (nSPS) is 11.6. The molecule has 0 aliphatic carbocycles. The van der Waals surface area contributed by atoms with E-state index < -0.39 is 10.0 Å². The van der Waals surface area contributed by atoms with Gasteiger partial charge in [0.25, 0.3) is 0 Å². The van der Waals surface area contributed by atoms with Gasteiger partial charge in [-0.15, -0.1) is 21.5 Å². The summed E-state index contributed by atoms with van der Waals surface area (Å²) >= 11 is 1.58. The van der Waals surface area contributed by atoms with Gasteiger partial charge in [0.05, 0.1) is 11.5 Å². The van der Waals surface area contributed by atoms with Crippen molar-refractivity contribution in [2.24, 2.45) is 0 Å². The van der Waals surface area contributed by atoms with Crippen LogP contribution < -0.4 is 14.2 Å². The Labute approximate surface area is 181 Å². The molecule has 0 fully saturated rings. The molecule has 160 valence electrons. The Morgan fingerprint density at radius 2 is 1.93 bits per heavy atom. The van der Waals surface area contributed by atoms with Crippen molar-refractivity contribution in [1.82, 2.24) is 14.9 Å². The number of rotatable bonds is 10. The highest BCUT2D eigenvalue weighted by molar-refractivity contribution is 7.89. The molecule has 0 aliphatic heterocycles. The summed E-state index contributed by atoms with van der Waals surface area (Å²) in [7, 11) is -3.75. The average molecular weight is 448 g/mol. The van der Waals surface area contributed by atoms with Gasteiger partial charge in [0.2, 0.25) is 15.9 Å². The molecule has 0 unspecified atom stereocenters. The third-order valence-electron chi connectivity index (χ3n) is 4.28. The molecule has 0 radical (unpaired) electrons. The van der Waals surface area contributed by atoms with Gasteiger partial charge in [-0.1, -0.05) is 26.0 Å². The van der Waals surface area contributed by atoms with Crippen molar-refractivity contribution in [2.75, 3.05) is 19.8 Å². The highest BCUT2D eigenvalue weighted by Gasteiger charge is 2.20. The molecule has 9 heteroatoms. The van der Waals surface area contributed by atoms with E-state index in [2.05, 4.69) is 14.9 Å². The zero-order valence-electron chi connectivity index (χ0n) is 17.2. The number of nitrogens with zero attached hydrogens (tertiary/aromatic N) is 2. The quantitative estimate of drug-likeness (QED) is 0.471. The van der Waals surface area contributed by atoms with Crippen LogP contribution >= 0.6 is 11.3 Å². The van der Waals surface area contributed by atoms with Crippen LogP contribution in [0.1, 0.15) is 32.3 Å². The lowest BCUT2D eigenvalue weighted by atomic mass is 10.0. The minimum Gasteiger partial charge on any atom is -0.492 e. The van der Waals surface area contributed by atoms with Gasteiger partial charge in [-0.05, 0) is 48.1 Å². The number of ether oxygens (including phenoxy) is 2. The standard InChI is InChI=1S/C21H25N3O4S2/c1-4-27-18-9-7-16(15(2)3)14-20(18)30(25,26)22-11-12-28-21-10-8-17(23-24-21)19-6-5-13-29-19/h5-10,13-15,22H,4,11-12H2,1-3H3. The first-order valence-electron chi connectivity index (χ1n) is 9.67. The molecule has 0 amide bonds. The zero-order chi connectivity index (χ0) is 21.6. The van der Waals surface area contributed by atoms with Crippen LogP contribution in [0.4, 0.5) is 0 Å². The molecular weight excluding hydrogens is 422 g/mol. The van der Waals surface area contributed by atoms with Crippen molar-refractivity contribution < 1.29 is 17.9 Å². The molecule has 2 aromatic heterocycles. The molecule has 30 heavy (non-hydrogen) atoms. The minimum atomic E-state index is -3.75. The largest absolute Gasteiger partial charge is 0.492 e. The van der Waals surface area contributed by atoms with Crippen LogP contribution in [0.2, 0.25) is 0 Å². The number of hydrogen-bond donors (Lipinski definition) is 1. The molecule has 0 saturated heterocycles. The highest BCUT2D eigenvalue weighted by atomic mass is 32.2. The zero-order valence-corrected chi connectivity index (χ0v) is 18.8. The van der Waals surface area contributed by atoms with Crippen molar-refractivity contribution in [3.63, 3.8) is 0 Å². The van der Waals surface area contributed by atoms with Gasteiger partial charge < -0.3 is 9.47 Å². The van der Waals surface area contributed by atoms with E-state index in [1.165, 1.54) is 0 Å². The fourth-order valence-corrected chi connectivity index (χ4v) is 4.61. The van der Waals surface area contributed by atoms with E-state index in [4.69, 9.17) is 9.47 Å². The number of thiophene rings is 1. The minimum absolute atomic E-state index is 0.0914. The second kappa shape index (κ2) is 10.0. The molecule has 1 aromatic carbocycles. The lowest BCUT2D eigenvalue weighted by Crippen LogP contribution is -2.29. The maximum atomic E-state index is 12.8. The van der Waals surface area contributed by atoms with E-state index in [0.29, 0.717) is 18.2 Å². The summed E-state index contributed by atoms with van der Waals surface area (Å²) in [6.45, 7) is 6.44. The van der Waals surface area contributed by atoms with Crippen molar-refractivity contribution >= 4 is 21.4 Å². The summed E-state index contributed by atoms with van der Waals surface area (Å²) in [6, 6.07) is 12.7. The van der Waals surface area contributed by atoms with Crippen LogP contribution in [-0.4, -0.2) is 38.4 Å². The molecule has 3 rings (SSSR count). The van der Waals surface area contributed by atoms with Crippen molar-refractivity contribution in [3.05, 3.63) is 53.4 Å². The smallest absolute Gasteiger partial charge is 0.244 e. The van der Waals surface area contributed by atoms with Crippen molar-refractivity contribution in [3.8, 4) is 22.2 Å². The number of sulfonamides is 1. The molecule has 0 atom stereocenters. The highest BCUT2D eigenvalue weighted by Crippen LogP contribution is 2.28. The summed E-state index contributed by atoms with van der Waals surface area (Å²) < 4.78 is 39.2. The SMILES string of the molecule is CCOc1ccc(C(C)C)cc1S(=O)(=O)NCCOc1ccc(-c2cccs2)nn1.